The monoisotopic (exact) mass is 393 g/mol. The van der Waals surface area contributed by atoms with Gasteiger partial charge in [0.15, 0.2) is 11.5 Å². The Morgan fingerprint density at radius 2 is 2.00 bits per heavy atom. The molecule has 0 radical (unpaired) electrons. The van der Waals surface area contributed by atoms with Crippen LogP contribution in [0.4, 0.5) is 0 Å². The van der Waals surface area contributed by atoms with Crippen LogP contribution < -0.4 is 15.5 Å². The Hall–Kier alpha value is -3.61. The predicted octanol–water partition coefficient (Wildman–Crippen LogP) is 2.39. The number of fused-ring (bicyclic) bond motifs is 1. The van der Waals surface area contributed by atoms with Crippen molar-refractivity contribution in [3.8, 4) is 11.5 Å². The second kappa shape index (κ2) is 8.18. The second-order valence-corrected chi connectivity index (χ2v) is 7.40. The number of hydrazone groups is 1. The van der Waals surface area contributed by atoms with Crippen LogP contribution in [0.5, 0.6) is 11.5 Å². The molecule has 0 fully saturated rings. The van der Waals surface area contributed by atoms with E-state index in [-0.39, 0.29) is 17.0 Å². The number of carbonyl (C=O) groups is 2. The van der Waals surface area contributed by atoms with Crippen molar-refractivity contribution in [1.29, 1.82) is 0 Å². The van der Waals surface area contributed by atoms with Crippen LogP contribution in [-0.4, -0.2) is 35.7 Å². The number of carbonyl (C=O) groups excluding carboxylic acids is 2. The van der Waals surface area contributed by atoms with Crippen LogP contribution in [0, 0.1) is 0 Å². The first-order valence-corrected chi connectivity index (χ1v) is 9.11. The van der Waals surface area contributed by atoms with Gasteiger partial charge in [0.1, 0.15) is 0 Å². The highest BCUT2D eigenvalue weighted by Crippen LogP contribution is 2.29. The predicted molar refractivity (Wildman–Crippen MR) is 111 cm³/mol. The standard InChI is InChI=1S/C22H23N3O4/c1-22(2)12-15-6-4-5-7-16(15)17(24-22)11-19(27)21(28)25-23-13-14-8-9-18(26)20(10-14)29-3/h4-11,13,24,26H,12H2,1-3H3,(H,25,28)/b17-11-,23-13-. The molecule has 1 aliphatic rings. The fourth-order valence-corrected chi connectivity index (χ4v) is 3.19. The number of phenols is 1. The van der Waals surface area contributed by atoms with Crippen molar-refractivity contribution in [3.05, 3.63) is 65.2 Å². The first-order chi connectivity index (χ1) is 13.8. The number of phenolic OH excluding ortho intramolecular Hbond substituents is 1. The van der Waals surface area contributed by atoms with Crippen molar-refractivity contribution < 1.29 is 19.4 Å². The first kappa shape index (κ1) is 20.1. The van der Waals surface area contributed by atoms with Crippen molar-refractivity contribution in [1.82, 2.24) is 10.7 Å². The molecule has 150 valence electrons. The maximum atomic E-state index is 12.4. The molecular weight excluding hydrogens is 370 g/mol. The number of nitrogens with one attached hydrogen (secondary N) is 2. The highest BCUT2D eigenvalue weighted by atomic mass is 16.5. The van der Waals surface area contributed by atoms with Gasteiger partial charge >= 0.3 is 5.91 Å². The molecule has 0 unspecified atom stereocenters. The quantitative estimate of drug-likeness (QED) is 0.313. The highest BCUT2D eigenvalue weighted by molar-refractivity contribution is 6.41. The molecule has 1 heterocycles. The van der Waals surface area contributed by atoms with Gasteiger partial charge in [-0.2, -0.15) is 5.10 Å². The summed E-state index contributed by atoms with van der Waals surface area (Å²) >= 11 is 0. The number of ether oxygens (including phenoxy) is 1. The van der Waals surface area contributed by atoms with Crippen LogP contribution >= 0.6 is 0 Å². The molecule has 0 saturated carbocycles. The summed E-state index contributed by atoms with van der Waals surface area (Å²) in [4.78, 5) is 24.5. The third kappa shape index (κ3) is 4.82. The molecule has 0 saturated heterocycles. The Kier molecular flexibility index (Phi) is 5.68. The van der Waals surface area contributed by atoms with E-state index in [9.17, 15) is 14.7 Å². The Morgan fingerprint density at radius 3 is 2.76 bits per heavy atom. The summed E-state index contributed by atoms with van der Waals surface area (Å²) in [6.07, 6.45) is 3.48. The van der Waals surface area contributed by atoms with Gasteiger partial charge in [-0.25, -0.2) is 5.43 Å². The van der Waals surface area contributed by atoms with Gasteiger partial charge in [-0.3, -0.25) is 9.59 Å². The van der Waals surface area contributed by atoms with Crippen LogP contribution in [-0.2, 0) is 16.0 Å². The summed E-state index contributed by atoms with van der Waals surface area (Å²) in [5.41, 5.74) is 5.23. The Bertz CT molecular complexity index is 1010. The van der Waals surface area contributed by atoms with E-state index in [1.165, 1.54) is 25.5 Å². The van der Waals surface area contributed by atoms with Crippen molar-refractivity contribution >= 4 is 23.6 Å². The molecule has 1 aliphatic heterocycles. The summed E-state index contributed by atoms with van der Waals surface area (Å²) in [7, 11) is 1.43. The summed E-state index contributed by atoms with van der Waals surface area (Å²) in [5, 5.41) is 16.7. The van der Waals surface area contributed by atoms with Crippen LogP contribution in [0.25, 0.3) is 5.70 Å². The van der Waals surface area contributed by atoms with E-state index in [2.05, 4.69) is 15.8 Å². The third-order valence-corrected chi connectivity index (χ3v) is 4.50. The lowest BCUT2D eigenvalue weighted by Gasteiger charge is -2.35. The van der Waals surface area contributed by atoms with E-state index >= 15 is 0 Å². The molecule has 0 spiro atoms. The van der Waals surface area contributed by atoms with Gasteiger partial charge in [0, 0.05) is 22.9 Å². The maximum Gasteiger partial charge on any atom is 0.311 e. The zero-order chi connectivity index (χ0) is 21.0. The molecule has 2 aromatic rings. The van der Waals surface area contributed by atoms with Gasteiger partial charge in [-0.1, -0.05) is 24.3 Å². The minimum absolute atomic E-state index is 0.00123. The number of methoxy groups -OCH3 is 1. The van der Waals surface area contributed by atoms with Crippen LogP contribution in [0.2, 0.25) is 0 Å². The number of aromatic hydroxyl groups is 1. The van der Waals surface area contributed by atoms with E-state index in [1.54, 1.807) is 12.1 Å². The summed E-state index contributed by atoms with van der Waals surface area (Å²) < 4.78 is 5.01. The van der Waals surface area contributed by atoms with Gasteiger partial charge in [0.05, 0.1) is 13.3 Å². The largest absolute Gasteiger partial charge is 0.504 e. The third-order valence-electron chi connectivity index (χ3n) is 4.50. The molecule has 0 aliphatic carbocycles. The fourth-order valence-electron chi connectivity index (χ4n) is 3.19. The van der Waals surface area contributed by atoms with Crippen LogP contribution in [0.1, 0.15) is 30.5 Å². The van der Waals surface area contributed by atoms with E-state index in [0.29, 0.717) is 11.3 Å². The van der Waals surface area contributed by atoms with Crippen molar-refractivity contribution in [2.75, 3.05) is 7.11 Å². The molecule has 7 heteroatoms. The van der Waals surface area contributed by atoms with E-state index in [1.807, 2.05) is 38.1 Å². The molecule has 3 rings (SSSR count). The topological polar surface area (TPSA) is 100 Å². The van der Waals surface area contributed by atoms with Crippen molar-refractivity contribution in [2.24, 2.45) is 5.10 Å². The Morgan fingerprint density at radius 1 is 1.24 bits per heavy atom. The summed E-state index contributed by atoms with van der Waals surface area (Å²) in [5.74, 6) is -1.27. The number of amides is 1. The molecule has 3 N–H and O–H groups in total. The average molecular weight is 393 g/mol. The van der Waals surface area contributed by atoms with Crippen LogP contribution in [0.3, 0.4) is 0 Å². The minimum atomic E-state index is -0.845. The number of benzene rings is 2. The number of ketones is 1. The molecule has 1 amide bonds. The molecule has 0 atom stereocenters. The number of nitrogens with zero attached hydrogens (tertiary/aromatic N) is 1. The highest BCUT2D eigenvalue weighted by Gasteiger charge is 2.28. The smallest absolute Gasteiger partial charge is 0.311 e. The Labute approximate surface area is 169 Å². The van der Waals surface area contributed by atoms with Crippen molar-refractivity contribution in [2.45, 2.75) is 25.8 Å². The first-order valence-electron chi connectivity index (χ1n) is 9.11. The molecule has 0 aromatic heterocycles. The van der Waals surface area contributed by atoms with Gasteiger partial charge in [-0.15, -0.1) is 0 Å². The lowest BCUT2D eigenvalue weighted by molar-refractivity contribution is -0.135. The molecular formula is C22H23N3O4. The molecule has 2 aromatic carbocycles. The average Bonchev–Trinajstić information content (AvgIpc) is 2.68. The summed E-state index contributed by atoms with van der Waals surface area (Å²) in [6.45, 7) is 4.08. The normalized spacial score (nSPS) is 16.2. The van der Waals surface area contributed by atoms with Gasteiger partial charge in [0.2, 0.25) is 5.78 Å². The van der Waals surface area contributed by atoms with Crippen LogP contribution in [0.15, 0.2) is 53.6 Å². The van der Waals surface area contributed by atoms with Gasteiger partial charge in [-0.05, 0) is 49.6 Å². The number of hydrogen-bond acceptors (Lipinski definition) is 6. The SMILES string of the molecule is COc1cc(/C=N\NC(=O)C(=O)/C=C2\NC(C)(C)Cc3ccccc32)ccc1O. The fraction of sp³-hybridized carbons (Fsp3) is 0.227. The minimum Gasteiger partial charge on any atom is -0.504 e. The van der Waals surface area contributed by atoms with E-state index in [4.69, 9.17) is 4.74 Å². The second-order valence-electron chi connectivity index (χ2n) is 7.40. The molecule has 29 heavy (non-hydrogen) atoms. The zero-order valence-electron chi connectivity index (χ0n) is 16.5. The maximum absolute atomic E-state index is 12.4. The van der Waals surface area contributed by atoms with Gasteiger partial charge < -0.3 is 15.2 Å². The Balaban J connectivity index is 1.71. The van der Waals surface area contributed by atoms with Gasteiger partial charge in [0.25, 0.3) is 0 Å². The lowest BCUT2D eigenvalue weighted by Crippen LogP contribution is -2.44. The summed E-state index contributed by atoms with van der Waals surface area (Å²) in [6, 6.07) is 12.4. The molecule has 7 nitrogen and oxygen atoms in total. The van der Waals surface area contributed by atoms with E-state index in [0.717, 1.165) is 17.5 Å². The number of hydrogen-bond donors (Lipinski definition) is 3. The molecule has 0 bridgehead atoms. The van der Waals surface area contributed by atoms with E-state index < -0.39 is 11.7 Å². The number of rotatable bonds is 5. The zero-order valence-corrected chi connectivity index (χ0v) is 16.5. The lowest BCUT2D eigenvalue weighted by atomic mass is 9.85. The van der Waals surface area contributed by atoms with Crippen molar-refractivity contribution in [3.63, 3.8) is 0 Å².